The van der Waals surface area contributed by atoms with Gasteiger partial charge in [0.15, 0.2) is 0 Å². The maximum atomic E-state index is 13.3. The molecular formula is C26H29FN6O3. The van der Waals surface area contributed by atoms with Gasteiger partial charge in [-0.25, -0.2) is 13.7 Å². The largest absolute Gasteiger partial charge is 0.482 e. The first-order valence-corrected chi connectivity index (χ1v) is 11.9. The molecule has 36 heavy (non-hydrogen) atoms. The molecule has 5 rings (SSSR count). The molecule has 0 N–H and O–H groups in total. The number of aromatic nitrogens is 5. The maximum Gasteiger partial charge on any atom is 0.410 e. The SMILES string of the molecule is Cc1c(-c2cc(O[C@H](C)c3ccc(F)cn3)c3ccnn3c2)nn2c1CN(C(=O)OC(C)(C)C)CC2. The number of rotatable bonds is 4. The highest BCUT2D eigenvalue weighted by molar-refractivity contribution is 5.72. The van der Waals surface area contributed by atoms with Gasteiger partial charge in [-0.05, 0) is 58.9 Å². The van der Waals surface area contributed by atoms with Crippen molar-refractivity contribution in [2.45, 2.75) is 59.4 Å². The average Bonchev–Trinajstić information content (AvgIpc) is 3.42. The van der Waals surface area contributed by atoms with Crippen molar-refractivity contribution in [3.05, 3.63) is 65.6 Å². The van der Waals surface area contributed by atoms with Gasteiger partial charge in [0.1, 0.15) is 28.8 Å². The first kappa shape index (κ1) is 23.8. The molecule has 4 aromatic rings. The molecule has 0 aliphatic carbocycles. The Morgan fingerprint density at radius 2 is 2.00 bits per heavy atom. The quantitative estimate of drug-likeness (QED) is 0.402. The monoisotopic (exact) mass is 492 g/mol. The molecule has 0 unspecified atom stereocenters. The van der Waals surface area contributed by atoms with Crippen molar-refractivity contribution in [1.29, 1.82) is 0 Å². The molecule has 0 bridgehead atoms. The number of hydrogen-bond donors (Lipinski definition) is 0. The van der Waals surface area contributed by atoms with E-state index in [1.165, 1.54) is 12.3 Å². The minimum atomic E-state index is -0.550. The molecule has 4 aromatic heterocycles. The van der Waals surface area contributed by atoms with E-state index in [1.807, 2.05) is 57.6 Å². The highest BCUT2D eigenvalue weighted by Crippen LogP contribution is 2.33. The van der Waals surface area contributed by atoms with E-state index in [1.54, 1.807) is 21.7 Å². The number of amides is 1. The summed E-state index contributed by atoms with van der Waals surface area (Å²) < 4.78 is 28.8. The van der Waals surface area contributed by atoms with Crippen LogP contribution in [0.5, 0.6) is 5.75 Å². The van der Waals surface area contributed by atoms with Crippen LogP contribution in [-0.4, -0.2) is 47.5 Å². The van der Waals surface area contributed by atoms with Gasteiger partial charge in [0.25, 0.3) is 0 Å². The van der Waals surface area contributed by atoms with Crippen LogP contribution in [0.15, 0.2) is 42.9 Å². The Balaban J connectivity index is 1.46. The van der Waals surface area contributed by atoms with Crippen LogP contribution >= 0.6 is 0 Å². The fourth-order valence-corrected chi connectivity index (χ4v) is 4.30. The fraction of sp³-hybridized carbons (Fsp3) is 0.385. The van der Waals surface area contributed by atoms with Gasteiger partial charge in [0.05, 0.1) is 42.6 Å². The fourth-order valence-electron chi connectivity index (χ4n) is 4.30. The van der Waals surface area contributed by atoms with Gasteiger partial charge < -0.3 is 14.4 Å². The van der Waals surface area contributed by atoms with Crippen LogP contribution in [0.3, 0.4) is 0 Å². The van der Waals surface area contributed by atoms with Crippen molar-refractivity contribution in [2.75, 3.05) is 6.54 Å². The smallest absolute Gasteiger partial charge is 0.410 e. The second-order valence-corrected chi connectivity index (χ2v) is 9.96. The number of fused-ring (bicyclic) bond motifs is 2. The minimum absolute atomic E-state index is 0.326. The van der Waals surface area contributed by atoms with Crippen molar-refractivity contribution < 1.29 is 18.7 Å². The summed E-state index contributed by atoms with van der Waals surface area (Å²) in [6, 6.07) is 6.78. The zero-order chi connectivity index (χ0) is 25.6. The van der Waals surface area contributed by atoms with E-state index >= 15 is 0 Å². The molecule has 188 valence electrons. The summed E-state index contributed by atoms with van der Waals surface area (Å²) in [5.41, 5.74) is 4.45. The standard InChI is InChI=1S/C26H29FN6O3/c1-16-22-15-31(25(34)36-26(3,4)5)10-11-32(22)30-24(16)18-12-23(21-8-9-29-33(21)14-18)35-17(2)20-7-6-19(27)13-28-20/h6-9,12-14,17H,10-11,15H2,1-5H3/t17-/m1/s1. The van der Waals surface area contributed by atoms with Gasteiger partial charge in [-0.15, -0.1) is 0 Å². The molecule has 1 aliphatic rings. The maximum absolute atomic E-state index is 13.3. The summed E-state index contributed by atoms with van der Waals surface area (Å²) >= 11 is 0. The number of carbonyl (C=O) groups excluding carboxylic acids is 1. The Morgan fingerprint density at radius 1 is 1.19 bits per heavy atom. The topological polar surface area (TPSA) is 86.8 Å². The Bertz CT molecular complexity index is 1420. The third-order valence-corrected chi connectivity index (χ3v) is 6.11. The van der Waals surface area contributed by atoms with Crippen LogP contribution in [0.2, 0.25) is 0 Å². The van der Waals surface area contributed by atoms with E-state index in [9.17, 15) is 9.18 Å². The van der Waals surface area contributed by atoms with Crippen molar-refractivity contribution in [2.24, 2.45) is 0 Å². The van der Waals surface area contributed by atoms with E-state index in [2.05, 4.69) is 10.1 Å². The van der Waals surface area contributed by atoms with Gasteiger partial charge >= 0.3 is 6.09 Å². The van der Waals surface area contributed by atoms with Crippen LogP contribution in [0, 0.1) is 12.7 Å². The lowest BCUT2D eigenvalue weighted by molar-refractivity contribution is 0.0194. The van der Waals surface area contributed by atoms with Gasteiger partial charge in [-0.3, -0.25) is 9.67 Å². The predicted molar refractivity (Wildman–Crippen MR) is 131 cm³/mol. The third-order valence-electron chi connectivity index (χ3n) is 6.11. The normalized spacial score (nSPS) is 14.6. The number of ether oxygens (including phenoxy) is 2. The lowest BCUT2D eigenvalue weighted by Crippen LogP contribution is -2.41. The molecule has 1 atom stereocenters. The first-order chi connectivity index (χ1) is 17.1. The van der Waals surface area contributed by atoms with Crippen LogP contribution < -0.4 is 4.74 Å². The summed E-state index contributed by atoms with van der Waals surface area (Å²) in [4.78, 5) is 18.5. The summed E-state index contributed by atoms with van der Waals surface area (Å²) in [5.74, 6) is 0.222. The van der Waals surface area contributed by atoms with Crippen LogP contribution in [0.4, 0.5) is 9.18 Å². The molecule has 1 amide bonds. The van der Waals surface area contributed by atoms with E-state index in [-0.39, 0.29) is 6.09 Å². The van der Waals surface area contributed by atoms with E-state index in [4.69, 9.17) is 14.6 Å². The van der Waals surface area contributed by atoms with E-state index in [0.717, 1.165) is 28.0 Å². The molecular weight excluding hydrogens is 463 g/mol. The molecule has 0 saturated carbocycles. The van der Waals surface area contributed by atoms with Gasteiger partial charge in [-0.2, -0.15) is 10.2 Å². The summed E-state index contributed by atoms with van der Waals surface area (Å²) in [5, 5.41) is 9.26. The molecule has 0 spiro atoms. The van der Waals surface area contributed by atoms with Crippen molar-refractivity contribution >= 4 is 11.6 Å². The summed E-state index contributed by atoms with van der Waals surface area (Å²) in [6.45, 7) is 11.0. The molecule has 0 aromatic carbocycles. The highest BCUT2D eigenvalue weighted by atomic mass is 19.1. The molecule has 5 heterocycles. The molecule has 10 heteroatoms. The highest BCUT2D eigenvalue weighted by Gasteiger charge is 2.29. The number of pyridine rings is 2. The van der Waals surface area contributed by atoms with E-state index < -0.39 is 17.5 Å². The van der Waals surface area contributed by atoms with Crippen LogP contribution in [0.25, 0.3) is 16.8 Å². The first-order valence-electron chi connectivity index (χ1n) is 11.9. The summed E-state index contributed by atoms with van der Waals surface area (Å²) in [6.07, 6.45) is 4.07. The number of nitrogens with zero attached hydrogens (tertiary/aromatic N) is 6. The van der Waals surface area contributed by atoms with Gasteiger partial charge in [0.2, 0.25) is 0 Å². The Hall–Kier alpha value is -3.95. The Morgan fingerprint density at radius 3 is 2.72 bits per heavy atom. The summed E-state index contributed by atoms with van der Waals surface area (Å²) in [7, 11) is 0. The molecule has 0 fully saturated rings. The number of halogens is 1. The van der Waals surface area contributed by atoms with Crippen LogP contribution in [-0.2, 0) is 17.8 Å². The average molecular weight is 493 g/mol. The number of hydrogen-bond acceptors (Lipinski definition) is 6. The number of carbonyl (C=O) groups is 1. The van der Waals surface area contributed by atoms with Crippen molar-refractivity contribution in [3.8, 4) is 17.0 Å². The zero-order valence-corrected chi connectivity index (χ0v) is 21.0. The second kappa shape index (κ2) is 8.92. The lowest BCUT2D eigenvalue weighted by atomic mass is 10.1. The second-order valence-electron chi connectivity index (χ2n) is 9.96. The minimum Gasteiger partial charge on any atom is -0.482 e. The predicted octanol–water partition coefficient (Wildman–Crippen LogP) is 4.93. The van der Waals surface area contributed by atoms with E-state index in [0.29, 0.717) is 31.1 Å². The molecule has 0 saturated heterocycles. The zero-order valence-electron chi connectivity index (χ0n) is 21.0. The van der Waals surface area contributed by atoms with Crippen molar-refractivity contribution in [1.82, 2.24) is 29.3 Å². The van der Waals surface area contributed by atoms with Gasteiger partial charge in [0, 0.05) is 23.9 Å². The third kappa shape index (κ3) is 4.62. The molecule has 1 aliphatic heterocycles. The Kier molecular flexibility index (Phi) is 5.89. The van der Waals surface area contributed by atoms with Gasteiger partial charge in [-0.1, -0.05) is 0 Å². The molecule has 9 nitrogen and oxygen atoms in total. The van der Waals surface area contributed by atoms with Crippen LogP contribution in [0.1, 0.15) is 50.8 Å². The van der Waals surface area contributed by atoms with Crippen molar-refractivity contribution in [3.63, 3.8) is 0 Å². The lowest BCUT2D eigenvalue weighted by Gasteiger charge is -2.30. The molecule has 0 radical (unpaired) electrons. The Labute approximate surface area is 208 Å².